The molecule has 296 valence electrons. The van der Waals surface area contributed by atoms with Gasteiger partial charge in [0.05, 0.1) is 17.4 Å². The Kier molecular flexibility index (Phi) is 9.78. The maximum absolute atomic E-state index is 7.32. The lowest BCUT2D eigenvalue weighted by Crippen LogP contribution is -2.52. The molecule has 4 aliphatic rings. The minimum absolute atomic E-state index is 0.0290. The molecular formula is C52H69BN2O. The van der Waals surface area contributed by atoms with Crippen molar-refractivity contribution in [1.82, 2.24) is 4.90 Å². The van der Waals surface area contributed by atoms with E-state index in [-0.39, 0.29) is 39.8 Å². The molecule has 2 aliphatic carbocycles. The second-order valence-electron chi connectivity index (χ2n) is 21.8. The van der Waals surface area contributed by atoms with E-state index in [0.717, 1.165) is 30.5 Å². The Labute approximate surface area is 340 Å². The monoisotopic (exact) mass is 749 g/mol. The fourth-order valence-corrected chi connectivity index (χ4v) is 9.71. The highest BCUT2D eigenvalue weighted by Crippen LogP contribution is 2.51. The maximum Gasteiger partial charge on any atom is 0.284 e. The first-order valence-electron chi connectivity index (χ1n) is 21.4. The molecule has 4 heteroatoms. The Balaban J connectivity index is 1.54. The Hall–Kier alpha value is -3.92. The average Bonchev–Trinajstić information content (AvgIpc) is 3.48. The molecule has 3 aromatic rings. The van der Waals surface area contributed by atoms with Gasteiger partial charge in [0, 0.05) is 23.3 Å². The van der Waals surface area contributed by atoms with Gasteiger partial charge in [0.15, 0.2) is 0 Å². The summed E-state index contributed by atoms with van der Waals surface area (Å²) in [5.74, 6) is 2.95. The van der Waals surface area contributed by atoms with Gasteiger partial charge < -0.3 is 14.2 Å². The van der Waals surface area contributed by atoms with Crippen LogP contribution in [0, 0.1) is 16.7 Å². The summed E-state index contributed by atoms with van der Waals surface area (Å²) in [5, 5.41) is 1.22. The standard InChI is InChI=1S/C52H69BN2O/c1-17-26-54-32-43-44(27-34(3)48(5,6)7)55(37-20-18-36(19-21-37)49(8,9)10)46-40-29-41-42(52(15,16)25-24-51(41,13)14)30-45(40)56-47(46)53(43)31-38(54)28-39-33(2)22-23-50(11,12)35(39)4/h17-21,28-33,44H,1,3-4,22-27H2,2,5-16H3/b39-28-. The van der Waals surface area contributed by atoms with Crippen LogP contribution in [0.2, 0.25) is 0 Å². The molecule has 3 nitrogen and oxygen atoms in total. The van der Waals surface area contributed by atoms with Crippen molar-refractivity contribution in [3.63, 3.8) is 0 Å². The Morgan fingerprint density at radius 3 is 2.12 bits per heavy atom. The molecule has 2 atom stereocenters. The van der Waals surface area contributed by atoms with Crippen LogP contribution in [0.15, 0.2) is 113 Å². The van der Waals surface area contributed by atoms with Crippen LogP contribution in [0.1, 0.15) is 139 Å². The van der Waals surface area contributed by atoms with Gasteiger partial charge in [-0.2, -0.15) is 0 Å². The summed E-state index contributed by atoms with van der Waals surface area (Å²) in [6.45, 7) is 44.9. The molecule has 7 rings (SSSR count). The van der Waals surface area contributed by atoms with E-state index in [2.05, 4.69) is 161 Å². The molecule has 2 aliphatic heterocycles. The number of nitrogens with zero attached hydrogens (tertiary/aromatic N) is 2. The summed E-state index contributed by atoms with van der Waals surface area (Å²) < 4.78 is 7.32. The van der Waals surface area contributed by atoms with Crippen LogP contribution in [0.25, 0.3) is 11.0 Å². The molecule has 2 unspecified atom stereocenters. The predicted octanol–water partition coefficient (Wildman–Crippen LogP) is 13.6. The molecule has 0 saturated heterocycles. The minimum atomic E-state index is -0.0452. The minimum Gasteiger partial charge on any atom is -0.468 e. The zero-order valence-electron chi connectivity index (χ0n) is 37.2. The third-order valence-corrected chi connectivity index (χ3v) is 14.3. The molecule has 1 saturated carbocycles. The van der Waals surface area contributed by atoms with Crippen LogP contribution in [0.4, 0.5) is 11.4 Å². The molecule has 1 aromatic heterocycles. The van der Waals surface area contributed by atoms with Gasteiger partial charge in [0.25, 0.3) is 6.71 Å². The maximum atomic E-state index is 7.32. The number of benzene rings is 2. The van der Waals surface area contributed by atoms with Crippen molar-refractivity contribution in [3.8, 4) is 0 Å². The van der Waals surface area contributed by atoms with E-state index >= 15 is 0 Å². The van der Waals surface area contributed by atoms with Crippen molar-refractivity contribution in [3.05, 3.63) is 125 Å². The normalized spacial score (nSPS) is 23.7. The fourth-order valence-electron chi connectivity index (χ4n) is 9.71. The predicted molar refractivity (Wildman–Crippen MR) is 244 cm³/mol. The molecule has 2 aromatic carbocycles. The van der Waals surface area contributed by atoms with Gasteiger partial charge in [-0.05, 0) is 135 Å². The summed E-state index contributed by atoms with van der Waals surface area (Å²) in [7, 11) is 0. The highest BCUT2D eigenvalue weighted by molar-refractivity contribution is 6.85. The van der Waals surface area contributed by atoms with Crippen molar-refractivity contribution in [2.75, 3.05) is 11.4 Å². The van der Waals surface area contributed by atoms with E-state index in [1.807, 2.05) is 6.08 Å². The number of hydrogen-bond donors (Lipinski definition) is 0. The molecule has 0 bridgehead atoms. The van der Waals surface area contributed by atoms with Crippen LogP contribution < -0.4 is 10.6 Å². The van der Waals surface area contributed by atoms with E-state index in [9.17, 15) is 0 Å². The van der Waals surface area contributed by atoms with Crippen molar-refractivity contribution in [2.24, 2.45) is 16.7 Å². The quantitative estimate of drug-likeness (QED) is 0.185. The van der Waals surface area contributed by atoms with Gasteiger partial charge in [-0.3, -0.25) is 0 Å². The van der Waals surface area contributed by atoms with Gasteiger partial charge >= 0.3 is 0 Å². The van der Waals surface area contributed by atoms with E-state index in [1.54, 1.807) is 0 Å². The van der Waals surface area contributed by atoms with Crippen molar-refractivity contribution in [1.29, 1.82) is 0 Å². The average molecular weight is 749 g/mol. The third-order valence-electron chi connectivity index (χ3n) is 14.3. The van der Waals surface area contributed by atoms with Crippen LogP contribution in [-0.2, 0) is 16.2 Å². The topological polar surface area (TPSA) is 19.6 Å². The summed E-state index contributed by atoms with van der Waals surface area (Å²) in [6.07, 6.45) is 12.4. The Morgan fingerprint density at radius 1 is 0.911 bits per heavy atom. The SMILES string of the molecule is C=CCN1C=C2B(C=C1/C=C1\C(=C)C(C)(C)CCC1C)c1oc3cc4c(cc3c1N(c1ccc(C(C)(C)C)cc1)C2CC(=C)C(C)(C)C)C(C)(C)CCC4(C)C. The molecular weight excluding hydrogens is 679 g/mol. The number of furan rings is 1. The van der Waals surface area contributed by atoms with Crippen molar-refractivity contribution < 1.29 is 4.42 Å². The largest absolute Gasteiger partial charge is 0.468 e. The Bertz CT molecular complexity index is 2180. The molecule has 0 spiro atoms. The molecule has 0 amide bonds. The first kappa shape index (κ1) is 40.3. The van der Waals surface area contributed by atoms with Gasteiger partial charge in [0.1, 0.15) is 5.58 Å². The summed E-state index contributed by atoms with van der Waals surface area (Å²) >= 11 is 0. The molecule has 0 radical (unpaired) electrons. The first-order valence-corrected chi connectivity index (χ1v) is 21.4. The molecule has 56 heavy (non-hydrogen) atoms. The van der Waals surface area contributed by atoms with E-state index in [1.165, 1.54) is 74.2 Å². The summed E-state index contributed by atoms with van der Waals surface area (Å²) in [4.78, 5) is 5.04. The highest BCUT2D eigenvalue weighted by atomic mass is 16.3. The Morgan fingerprint density at radius 2 is 1.54 bits per heavy atom. The van der Waals surface area contributed by atoms with Crippen molar-refractivity contribution in [2.45, 2.75) is 144 Å². The van der Waals surface area contributed by atoms with Crippen LogP contribution in [0.5, 0.6) is 0 Å². The fraction of sp³-hybridized carbons (Fsp3) is 0.500. The van der Waals surface area contributed by atoms with Crippen LogP contribution in [-0.4, -0.2) is 24.2 Å². The van der Waals surface area contributed by atoms with Gasteiger partial charge in [0.2, 0.25) is 0 Å². The van der Waals surface area contributed by atoms with Crippen LogP contribution >= 0.6 is 0 Å². The smallest absolute Gasteiger partial charge is 0.284 e. The number of rotatable bonds is 6. The zero-order valence-corrected chi connectivity index (χ0v) is 37.2. The molecule has 1 fully saturated rings. The molecule has 0 N–H and O–H groups in total. The van der Waals surface area contributed by atoms with Crippen molar-refractivity contribution >= 4 is 34.7 Å². The summed E-state index contributed by atoms with van der Waals surface area (Å²) in [5.41, 5.74) is 15.3. The van der Waals surface area contributed by atoms with E-state index in [4.69, 9.17) is 17.6 Å². The zero-order chi connectivity index (χ0) is 40.9. The molecule has 3 heterocycles. The first-order chi connectivity index (χ1) is 25.9. The van der Waals surface area contributed by atoms with E-state index in [0.29, 0.717) is 12.5 Å². The van der Waals surface area contributed by atoms with Crippen LogP contribution in [0.3, 0.4) is 0 Å². The lowest BCUT2D eigenvalue weighted by Gasteiger charge is -2.45. The second-order valence-corrected chi connectivity index (χ2v) is 21.8. The highest BCUT2D eigenvalue weighted by Gasteiger charge is 2.47. The number of allylic oxidation sites excluding steroid dienone is 3. The lowest BCUT2D eigenvalue weighted by atomic mass is 9.38. The van der Waals surface area contributed by atoms with Gasteiger partial charge in [-0.1, -0.05) is 133 Å². The van der Waals surface area contributed by atoms with Gasteiger partial charge in [-0.15, -0.1) is 6.58 Å². The lowest BCUT2D eigenvalue weighted by molar-refractivity contribution is 0.332. The summed E-state index contributed by atoms with van der Waals surface area (Å²) in [6, 6.07) is 14.3. The van der Waals surface area contributed by atoms with Gasteiger partial charge in [-0.25, -0.2) is 0 Å². The third kappa shape index (κ3) is 6.92. The number of hydrogen-bond acceptors (Lipinski definition) is 3. The van der Waals surface area contributed by atoms with E-state index < -0.39 is 0 Å². The number of fused-ring (bicyclic) bond motifs is 6. The second kappa shape index (κ2) is 13.6. The number of anilines is 2.